The highest BCUT2D eigenvalue weighted by Crippen LogP contribution is 2.19. The van der Waals surface area contributed by atoms with E-state index in [1.165, 1.54) is 0 Å². The van der Waals surface area contributed by atoms with Crippen LogP contribution in [0.1, 0.15) is 35.9 Å². The van der Waals surface area contributed by atoms with E-state index in [0.29, 0.717) is 12.2 Å². The van der Waals surface area contributed by atoms with Gasteiger partial charge in [-0.1, -0.05) is 12.1 Å². The minimum Gasteiger partial charge on any atom is -0.497 e. The van der Waals surface area contributed by atoms with Crippen LogP contribution in [0.4, 0.5) is 0 Å². The fraction of sp³-hybridized carbons (Fsp3) is 0.312. The van der Waals surface area contributed by atoms with Crippen LogP contribution < -0.4 is 10.1 Å². The van der Waals surface area contributed by atoms with Crippen LogP contribution in [0, 0.1) is 0 Å². The lowest BCUT2D eigenvalue weighted by atomic mass is 10.2. The first kappa shape index (κ1) is 15.6. The summed E-state index contributed by atoms with van der Waals surface area (Å²) in [5, 5.41) is 2.94. The summed E-state index contributed by atoms with van der Waals surface area (Å²) in [7, 11) is 1.63. The van der Waals surface area contributed by atoms with Crippen molar-refractivity contribution in [3.8, 4) is 5.75 Å². The number of methoxy groups -OCH3 is 1. The predicted molar refractivity (Wildman–Crippen MR) is 86.7 cm³/mol. The molecule has 0 aliphatic heterocycles. The van der Waals surface area contributed by atoms with Crippen LogP contribution in [0.15, 0.2) is 41.0 Å². The molecule has 0 bridgehead atoms. The summed E-state index contributed by atoms with van der Waals surface area (Å²) in [5.74, 6) is 0.730. The quantitative estimate of drug-likeness (QED) is 0.891. The summed E-state index contributed by atoms with van der Waals surface area (Å²) in [5.41, 5.74) is 1.69. The summed E-state index contributed by atoms with van der Waals surface area (Å²) in [6.45, 7) is 4.59. The van der Waals surface area contributed by atoms with E-state index in [4.69, 9.17) is 4.74 Å². The average Bonchev–Trinajstić information content (AvgIpc) is 2.87. The summed E-state index contributed by atoms with van der Waals surface area (Å²) >= 11 is 3.42. The van der Waals surface area contributed by atoms with Gasteiger partial charge in [-0.05, 0) is 53.5 Å². The molecule has 0 saturated heterocycles. The number of nitrogens with zero attached hydrogens (tertiary/aromatic N) is 1. The van der Waals surface area contributed by atoms with Crippen molar-refractivity contribution in [2.75, 3.05) is 7.11 Å². The van der Waals surface area contributed by atoms with E-state index in [9.17, 15) is 4.79 Å². The lowest BCUT2D eigenvalue weighted by Crippen LogP contribution is -2.25. The van der Waals surface area contributed by atoms with E-state index in [2.05, 4.69) is 21.2 Å². The maximum absolute atomic E-state index is 12.3. The normalized spacial score (nSPS) is 10.7. The minimum atomic E-state index is -0.0785. The van der Waals surface area contributed by atoms with Gasteiger partial charge in [-0.15, -0.1) is 0 Å². The van der Waals surface area contributed by atoms with Gasteiger partial charge in [0, 0.05) is 23.3 Å². The lowest BCUT2D eigenvalue weighted by molar-refractivity contribution is 0.0940. The van der Waals surface area contributed by atoms with Crippen molar-refractivity contribution in [2.24, 2.45) is 0 Å². The molecule has 2 rings (SSSR count). The van der Waals surface area contributed by atoms with Gasteiger partial charge in [-0.2, -0.15) is 0 Å². The van der Waals surface area contributed by atoms with Crippen LogP contribution in [0.25, 0.3) is 0 Å². The molecule has 0 aliphatic carbocycles. The molecule has 1 aromatic heterocycles. The molecule has 0 fully saturated rings. The van der Waals surface area contributed by atoms with Gasteiger partial charge in [0.15, 0.2) is 0 Å². The van der Waals surface area contributed by atoms with Gasteiger partial charge >= 0.3 is 0 Å². The van der Waals surface area contributed by atoms with E-state index in [1.54, 1.807) is 7.11 Å². The molecule has 112 valence electrons. The van der Waals surface area contributed by atoms with Crippen molar-refractivity contribution in [1.82, 2.24) is 9.88 Å². The topological polar surface area (TPSA) is 43.3 Å². The molecule has 0 unspecified atom stereocenters. The number of hydrogen-bond donors (Lipinski definition) is 1. The van der Waals surface area contributed by atoms with Crippen molar-refractivity contribution in [3.05, 3.63) is 52.3 Å². The van der Waals surface area contributed by atoms with E-state index in [1.807, 2.05) is 54.9 Å². The fourth-order valence-corrected chi connectivity index (χ4v) is 2.51. The number of rotatable bonds is 5. The Kier molecular flexibility index (Phi) is 5.07. The zero-order valence-corrected chi connectivity index (χ0v) is 14.0. The van der Waals surface area contributed by atoms with Crippen LogP contribution in [-0.2, 0) is 6.54 Å². The Labute approximate surface area is 133 Å². The zero-order valence-electron chi connectivity index (χ0n) is 12.4. The van der Waals surface area contributed by atoms with Crippen LogP contribution in [0.2, 0.25) is 0 Å². The molecule has 0 aliphatic rings. The number of amides is 1. The maximum Gasteiger partial charge on any atom is 0.268 e. The molecule has 21 heavy (non-hydrogen) atoms. The van der Waals surface area contributed by atoms with Gasteiger partial charge < -0.3 is 14.6 Å². The van der Waals surface area contributed by atoms with E-state index in [0.717, 1.165) is 15.8 Å². The molecule has 0 radical (unpaired) electrons. The van der Waals surface area contributed by atoms with Crippen LogP contribution in [-0.4, -0.2) is 17.6 Å². The number of carbonyl (C=O) groups excluding carboxylic acids is 1. The number of ether oxygens (including phenoxy) is 1. The Hall–Kier alpha value is -1.75. The van der Waals surface area contributed by atoms with E-state index >= 15 is 0 Å². The second kappa shape index (κ2) is 6.80. The smallest absolute Gasteiger partial charge is 0.268 e. The van der Waals surface area contributed by atoms with Crippen LogP contribution >= 0.6 is 15.9 Å². The Morgan fingerprint density at radius 3 is 2.57 bits per heavy atom. The van der Waals surface area contributed by atoms with E-state index < -0.39 is 0 Å². The molecule has 0 spiro atoms. The van der Waals surface area contributed by atoms with Crippen LogP contribution in [0.3, 0.4) is 0 Å². The van der Waals surface area contributed by atoms with Gasteiger partial charge in [0.05, 0.1) is 7.11 Å². The van der Waals surface area contributed by atoms with Crippen molar-refractivity contribution >= 4 is 21.8 Å². The predicted octanol–water partition coefficient (Wildman–Crippen LogP) is 3.77. The first-order chi connectivity index (χ1) is 10.0. The molecular formula is C16H19BrN2O2. The highest BCUT2D eigenvalue weighted by atomic mass is 79.9. The number of hydrogen-bond acceptors (Lipinski definition) is 2. The molecule has 0 atom stereocenters. The van der Waals surface area contributed by atoms with Crippen LogP contribution in [0.5, 0.6) is 5.75 Å². The molecule has 1 aromatic carbocycles. The molecule has 4 nitrogen and oxygen atoms in total. The molecular weight excluding hydrogens is 332 g/mol. The average molecular weight is 351 g/mol. The number of halogens is 1. The molecule has 1 N–H and O–H groups in total. The van der Waals surface area contributed by atoms with Crippen molar-refractivity contribution < 1.29 is 9.53 Å². The van der Waals surface area contributed by atoms with Crippen molar-refractivity contribution in [3.63, 3.8) is 0 Å². The molecule has 2 aromatic rings. The molecule has 1 amide bonds. The molecule has 0 saturated carbocycles. The van der Waals surface area contributed by atoms with Gasteiger partial charge in [0.25, 0.3) is 5.91 Å². The Balaban J connectivity index is 2.04. The minimum absolute atomic E-state index is 0.0785. The summed E-state index contributed by atoms with van der Waals surface area (Å²) in [4.78, 5) is 12.3. The van der Waals surface area contributed by atoms with Gasteiger partial charge in [-0.3, -0.25) is 4.79 Å². The second-order valence-corrected chi connectivity index (χ2v) is 5.99. The number of carbonyl (C=O) groups is 1. The Morgan fingerprint density at radius 2 is 2.00 bits per heavy atom. The summed E-state index contributed by atoms with van der Waals surface area (Å²) < 4.78 is 7.97. The zero-order chi connectivity index (χ0) is 15.4. The highest BCUT2D eigenvalue weighted by Gasteiger charge is 2.14. The van der Waals surface area contributed by atoms with Crippen molar-refractivity contribution in [1.29, 1.82) is 0 Å². The highest BCUT2D eigenvalue weighted by molar-refractivity contribution is 9.10. The largest absolute Gasteiger partial charge is 0.497 e. The lowest BCUT2D eigenvalue weighted by Gasteiger charge is -2.12. The first-order valence-electron chi connectivity index (χ1n) is 6.79. The van der Waals surface area contributed by atoms with Gasteiger partial charge in [0.1, 0.15) is 11.4 Å². The second-order valence-electron chi connectivity index (χ2n) is 5.08. The van der Waals surface area contributed by atoms with Gasteiger partial charge in [-0.25, -0.2) is 0 Å². The third kappa shape index (κ3) is 3.88. The third-order valence-corrected chi connectivity index (χ3v) is 3.65. The Bertz CT molecular complexity index is 618. The number of benzene rings is 1. The SMILES string of the molecule is COc1ccc(CNC(=O)c2cc(Br)cn2C(C)C)cc1. The van der Waals surface area contributed by atoms with Crippen molar-refractivity contribution in [2.45, 2.75) is 26.4 Å². The maximum atomic E-state index is 12.3. The summed E-state index contributed by atoms with van der Waals surface area (Å²) in [6, 6.07) is 9.72. The fourth-order valence-electron chi connectivity index (χ4n) is 2.07. The standard InChI is InChI=1S/C16H19BrN2O2/c1-11(2)19-10-13(17)8-15(19)16(20)18-9-12-4-6-14(21-3)7-5-12/h4-8,10-11H,9H2,1-3H3,(H,18,20). The molecule has 1 heterocycles. The molecule has 5 heteroatoms. The first-order valence-corrected chi connectivity index (χ1v) is 7.59. The van der Waals surface area contributed by atoms with Gasteiger partial charge in [0.2, 0.25) is 0 Å². The third-order valence-electron chi connectivity index (χ3n) is 3.22. The summed E-state index contributed by atoms with van der Waals surface area (Å²) in [6.07, 6.45) is 1.92. The number of aromatic nitrogens is 1. The Morgan fingerprint density at radius 1 is 1.33 bits per heavy atom. The van der Waals surface area contributed by atoms with E-state index in [-0.39, 0.29) is 11.9 Å². The number of nitrogens with one attached hydrogen (secondary N) is 1. The monoisotopic (exact) mass is 350 g/mol.